The Kier molecular flexibility index (Phi) is 13.6. The predicted molar refractivity (Wildman–Crippen MR) is 280 cm³/mol. The van der Waals surface area contributed by atoms with Crippen LogP contribution < -0.4 is 0 Å². The number of halogens is 2. The van der Waals surface area contributed by atoms with E-state index in [1.807, 2.05) is 0 Å². The van der Waals surface area contributed by atoms with Crippen LogP contribution in [-0.2, 0) is 30.2 Å². The molecule has 0 saturated carbocycles. The summed E-state index contributed by atoms with van der Waals surface area (Å²) in [6.45, 7) is 2.50. The maximum atomic E-state index is 2.85. The van der Waals surface area contributed by atoms with Crippen molar-refractivity contribution >= 4 is 43.8 Å². The van der Waals surface area contributed by atoms with Crippen molar-refractivity contribution in [2.45, 2.75) is 42.2 Å². The van der Waals surface area contributed by atoms with E-state index >= 15 is 0 Å². The first kappa shape index (κ1) is 45.5. The first-order chi connectivity index (χ1) is 30.3. The first-order valence-electron chi connectivity index (χ1n) is 22.4. The Morgan fingerprint density at radius 3 is 0.922 bits per heavy atom. The average Bonchev–Trinajstić information content (AvgIpc) is 3.93. The number of allylic oxidation sites excluding steroid dienone is 2. The van der Waals surface area contributed by atoms with Crippen LogP contribution in [0.25, 0.3) is 56.7 Å². The molecular formula is C60H56Cl2SiZr. The molecule has 0 nitrogen and oxygen atoms in total. The van der Waals surface area contributed by atoms with E-state index in [0.29, 0.717) is 7.25 Å². The molecule has 0 bridgehead atoms. The Bertz CT molecular complexity index is 2810. The summed E-state index contributed by atoms with van der Waals surface area (Å²) in [5, 5.41) is 0. The van der Waals surface area contributed by atoms with Crippen molar-refractivity contribution in [2.24, 2.45) is 0 Å². The van der Waals surface area contributed by atoms with Gasteiger partial charge in [0.2, 0.25) is 0 Å². The third kappa shape index (κ3) is 8.71. The van der Waals surface area contributed by atoms with Crippen molar-refractivity contribution in [3.63, 3.8) is 0 Å². The molecule has 0 amide bonds. The van der Waals surface area contributed by atoms with Crippen LogP contribution in [-0.4, -0.2) is 6.88 Å². The fraction of sp³-hybridized carbons (Fsp3) is 0.133. The van der Waals surface area contributed by atoms with Crippen molar-refractivity contribution in [3.05, 3.63) is 251 Å². The molecule has 0 fully saturated rings. The van der Waals surface area contributed by atoms with Gasteiger partial charge in [-0.05, 0) is 0 Å². The van der Waals surface area contributed by atoms with E-state index < -0.39 is 17.4 Å². The first-order valence-corrected chi connectivity index (χ1v) is 36.1. The normalized spacial score (nSPS) is 15.2. The number of hydrogen-bond donors (Lipinski definition) is 0. The van der Waals surface area contributed by atoms with Crippen molar-refractivity contribution in [1.82, 2.24) is 0 Å². The van der Waals surface area contributed by atoms with Crippen LogP contribution in [0.4, 0.5) is 0 Å². The van der Waals surface area contributed by atoms with Crippen molar-refractivity contribution < 1.29 is 17.4 Å². The summed E-state index contributed by atoms with van der Waals surface area (Å²) in [6, 6.07) is 76.9. The molecule has 0 heterocycles. The van der Waals surface area contributed by atoms with Gasteiger partial charge in [0.25, 0.3) is 0 Å². The number of fused-ring (bicyclic) bond motifs is 2. The summed E-state index contributed by atoms with van der Waals surface area (Å²) in [4.78, 5) is 0. The van der Waals surface area contributed by atoms with E-state index in [-0.39, 0.29) is 24.8 Å². The molecule has 2 unspecified atom stereocenters. The van der Waals surface area contributed by atoms with Crippen molar-refractivity contribution in [1.29, 1.82) is 0 Å². The van der Waals surface area contributed by atoms with E-state index in [1.54, 1.807) is 22.3 Å². The summed E-state index contributed by atoms with van der Waals surface area (Å²) in [7, 11) is 0. The monoisotopic (exact) mass is 964 g/mol. The fourth-order valence-electron chi connectivity index (χ4n) is 11.2. The molecule has 0 radical (unpaired) electrons. The third-order valence-corrected chi connectivity index (χ3v) is 31.3. The van der Waals surface area contributed by atoms with Gasteiger partial charge in [-0.15, -0.1) is 24.8 Å². The Balaban J connectivity index is 0.00000280. The van der Waals surface area contributed by atoms with Gasteiger partial charge >= 0.3 is 374 Å². The molecule has 4 heteroatoms. The van der Waals surface area contributed by atoms with Gasteiger partial charge in [-0.3, -0.25) is 0 Å². The van der Waals surface area contributed by atoms with Gasteiger partial charge in [-0.25, -0.2) is 0 Å². The zero-order valence-corrected chi connectivity index (χ0v) is 42.3. The molecule has 0 saturated heterocycles. The van der Waals surface area contributed by atoms with E-state index in [2.05, 4.69) is 235 Å². The molecule has 0 aliphatic heterocycles. The molecule has 8 aromatic rings. The third-order valence-electron chi connectivity index (χ3n) is 13.9. The van der Waals surface area contributed by atoms with Gasteiger partial charge in [0.05, 0.1) is 0 Å². The van der Waals surface area contributed by atoms with Gasteiger partial charge in [0.1, 0.15) is 0 Å². The van der Waals surface area contributed by atoms with Gasteiger partial charge in [0, 0.05) is 0 Å². The van der Waals surface area contributed by atoms with Crippen molar-refractivity contribution in [3.8, 4) is 44.5 Å². The van der Waals surface area contributed by atoms with Gasteiger partial charge in [-0.1, -0.05) is 0 Å². The molecule has 2 aliphatic rings. The Labute approximate surface area is 395 Å². The summed E-state index contributed by atoms with van der Waals surface area (Å²) in [5.74, 6) is 0. The number of hydrogen-bond acceptors (Lipinski definition) is 0. The van der Waals surface area contributed by atoms with Crippen LogP contribution >= 0.6 is 24.8 Å². The SMILES string of the molecule is Cl.Cl.[CH3][Zr]([CH3])(=[SiH2])([CH]1C(CCc2ccccc2)=Cc2c(-c3ccccc3)ccc(-c3ccccc3)c21)[CH]1C(CCc2ccccc2)=Cc2c(-c3ccccc3)ccc(-c3ccccc3)c21. The molecule has 0 aromatic heterocycles. The fourth-order valence-corrected chi connectivity index (χ4v) is 30.9. The summed E-state index contributed by atoms with van der Waals surface area (Å²) in [5.41, 5.74) is 22.7. The minimum absolute atomic E-state index is 0. The topological polar surface area (TPSA) is 0 Å². The summed E-state index contributed by atoms with van der Waals surface area (Å²) < 4.78 is 6.35. The van der Waals surface area contributed by atoms with Crippen molar-refractivity contribution in [2.75, 3.05) is 0 Å². The van der Waals surface area contributed by atoms with Crippen LogP contribution in [0.1, 0.15) is 53.5 Å². The second kappa shape index (κ2) is 19.2. The van der Waals surface area contributed by atoms with E-state index in [4.69, 9.17) is 0 Å². The standard InChI is InChI=1S/2C29H23.2CH3.2ClH.H2Si.Zr/c2*1-4-10-22(11-5-1)16-17-23-20-28-26(24-12-6-2-7-13-24)18-19-27(29(28)21-23)25-14-8-3-9-15-25;;;;;;/h2*1-15,18-21H,16-17H2;2*1H3;2*1H;1H2;. The number of aryl methyl sites for hydroxylation is 2. The average molecular weight is 967 g/mol. The van der Waals surface area contributed by atoms with Gasteiger partial charge in [0.15, 0.2) is 0 Å². The van der Waals surface area contributed by atoms with Crippen LogP contribution in [0.3, 0.4) is 0 Å². The van der Waals surface area contributed by atoms with Crippen LogP contribution in [0, 0.1) is 0 Å². The molecule has 0 N–H and O–H groups in total. The van der Waals surface area contributed by atoms with Crippen LogP contribution in [0.5, 0.6) is 0 Å². The molecule has 318 valence electrons. The minimum atomic E-state index is -4.31. The Hall–Kier alpha value is -5.08. The van der Waals surface area contributed by atoms with Crippen LogP contribution in [0.15, 0.2) is 217 Å². The molecule has 10 rings (SSSR count). The van der Waals surface area contributed by atoms with Gasteiger partial charge in [-0.2, -0.15) is 0 Å². The molecule has 2 atom stereocenters. The molecule has 0 spiro atoms. The van der Waals surface area contributed by atoms with E-state index in [0.717, 1.165) is 25.7 Å². The van der Waals surface area contributed by atoms with E-state index in [1.165, 1.54) is 66.8 Å². The zero-order chi connectivity index (χ0) is 42.1. The van der Waals surface area contributed by atoms with Crippen LogP contribution in [0.2, 0.25) is 9.26 Å². The molecular weight excluding hydrogens is 911 g/mol. The number of rotatable bonds is 12. The summed E-state index contributed by atoms with van der Waals surface area (Å²) in [6.07, 6.45) is 9.47. The second-order valence-electron chi connectivity index (χ2n) is 18.7. The zero-order valence-electron chi connectivity index (χ0n) is 36.8. The van der Waals surface area contributed by atoms with E-state index in [9.17, 15) is 0 Å². The predicted octanol–water partition coefficient (Wildman–Crippen LogP) is 16.4. The van der Waals surface area contributed by atoms with Gasteiger partial charge < -0.3 is 0 Å². The summed E-state index contributed by atoms with van der Waals surface area (Å²) >= 11 is -4.31. The second-order valence-corrected chi connectivity index (χ2v) is 49.1. The maximum absolute atomic E-state index is 4.31. The number of benzene rings is 8. The Morgan fingerprint density at radius 1 is 0.344 bits per heavy atom. The molecule has 2 aliphatic carbocycles. The Morgan fingerprint density at radius 2 is 0.609 bits per heavy atom. The molecule has 8 aromatic carbocycles. The quantitative estimate of drug-likeness (QED) is 0.107. The molecule has 64 heavy (non-hydrogen) atoms.